The molecule has 0 saturated heterocycles. The second-order valence-electron chi connectivity index (χ2n) is 4.79. The minimum atomic E-state index is -0.955. The van der Waals surface area contributed by atoms with Gasteiger partial charge in [0.1, 0.15) is 5.75 Å². The summed E-state index contributed by atoms with van der Waals surface area (Å²) in [6.45, 7) is 2.21. The van der Waals surface area contributed by atoms with Crippen molar-refractivity contribution in [2.75, 3.05) is 18.6 Å². The molecule has 5 nitrogen and oxygen atoms in total. The SMILES string of the molecule is CC(CC(=O)N(C)c1ccc2c(c1)CCO2)C(=O)O. The van der Waals surface area contributed by atoms with Crippen LogP contribution in [0.4, 0.5) is 5.69 Å². The molecule has 1 amide bonds. The number of ether oxygens (including phenoxy) is 1. The Morgan fingerprint density at radius 2 is 2.21 bits per heavy atom. The second-order valence-corrected chi connectivity index (χ2v) is 4.79. The third kappa shape index (κ3) is 2.86. The lowest BCUT2D eigenvalue weighted by atomic mass is 10.1. The van der Waals surface area contributed by atoms with Crippen molar-refractivity contribution in [1.82, 2.24) is 0 Å². The first kappa shape index (κ1) is 13.4. The Morgan fingerprint density at radius 1 is 1.47 bits per heavy atom. The van der Waals surface area contributed by atoms with E-state index >= 15 is 0 Å². The van der Waals surface area contributed by atoms with Gasteiger partial charge in [0, 0.05) is 25.6 Å². The van der Waals surface area contributed by atoms with Gasteiger partial charge in [0.05, 0.1) is 12.5 Å². The van der Waals surface area contributed by atoms with E-state index in [0.717, 1.165) is 23.4 Å². The molecule has 0 aromatic heterocycles. The molecule has 1 atom stereocenters. The highest BCUT2D eigenvalue weighted by Gasteiger charge is 2.20. The Balaban J connectivity index is 2.09. The van der Waals surface area contributed by atoms with Crippen LogP contribution in [0.15, 0.2) is 18.2 Å². The predicted octanol–water partition coefficient (Wildman–Crippen LogP) is 1.70. The fourth-order valence-electron chi connectivity index (χ4n) is 2.01. The van der Waals surface area contributed by atoms with Crippen molar-refractivity contribution in [3.05, 3.63) is 23.8 Å². The lowest BCUT2D eigenvalue weighted by Crippen LogP contribution is -2.29. The van der Waals surface area contributed by atoms with Crippen molar-refractivity contribution < 1.29 is 19.4 Å². The van der Waals surface area contributed by atoms with E-state index in [1.807, 2.05) is 18.2 Å². The number of nitrogens with zero attached hydrogens (tertiary/aromatic N) is 1. The van der Waals surface area contributed by atoms with Gasteiger partial charge in [-0.05, 0) is 23.8 Å². The van der Waals surface area contributed by atoms with Crippen molar-refractivity contribution in [1.29, 1.82) is 0 Å². The minimum absolute atomic E-state index is 0.000577. The maximum Gasteiger partial charge on any atom is 0.306 e. The lowest BCUT2D eigenvalue weighted by Gasteiger charge is -2.19. The van der Waals surface area contributed by atoms with E-state index in [1.165, 1.54) is 11.8 Å². The molecule has 0 radical (unpaired) electrons. The predicted molar refractivity (Wildman–Crippen MR) is 70.5 cm³/mol. The molecule has 0 saturated carbocycles. The fourth-order valence-corrected chi connectivity index (χ4v) is 2.01. The summed E-state index contributed by atoms with van der Waals surface area (Å²) >= 11 is 0. The zero-order valence-electron chi connectivity index (χ0n) is 11.0. The summed E-state index contributed by atoms with van der Waals surface area (Å²) in [5.74, 6) is -0.964. The summed E-state index contributed by atoms with van der Waals surface area (Å²) in [4.78, 5) is 24.2. The summed E-state index contributed by atoms with van der Waals surface area (Å²) in [7, 11) is 1.66. The third-order valence-electron chi connectivity index (χ3n) is 3.34. The Bertz CT molecular complexity index is 512. The first-order chi connectivity index (χ1) is 8.99. The minimum Gasteiger partial charge on any atom is -0.493 e. The van der Waals surface area contributed by atoms with E-state index in [1.54, 1.807) is 7.05 Å². The van der Waals surface area contributed by atoms with Crippen LogP contribution in [-0.2, 0) is 16.0 Å². The summed E-state index contributed by atoms with van der Waals surface area (Å²) in [6.07, 6.45) is 0.843. The second kappa shape index (κ2) is 5.30. The highest BCUT2D eigenvalue weighted by Crippen LogP contribution is 2.29. The molecule has 0 aliphatic carbocycles. The largest absolute Gasteiger partial charge is 0.493 e. The van der Waals surface area contributed by atoms with Crippen LogP contribution in [0.25, 0.3) is 0 Å². The molecule has 19 heavy (non-hydrogen) atoms. The van der Waals surface area contributed by atoms with Crippen molar-refractivity contribution in [3.63, 3.8) is 0 Å². The van der Waals surface area contributed by atoms with Gasteiger partial charge in [0.2, 0.25) is 5.91 Å². The van der Waals surface area contributed by atoms with Gasteiger partial charge in [-0.1, -0.05) is 6.92 Å². The van der Waals surface area contributed by atoms with Gasteiger partial charge in [0.25, 0.3) is 0 Å². The van der Waals surface area contributed by atoms with Gasteiger partial charge < -0.3 is 14.7 Å². The number of hydrogen-bond donors (Lipinski definition) is 1. The summed E-state index contributed by atoms with van der Waals surface area (Å²) in [5, 5.41) is 8.82. The Hall–Kier alpha value is -2.04. The van der Waals surface area contributed by atoms with Crippen molar-refractivity contribution in [2.24, 2.45) is 5.92 Å². The molecule has 102 valence electrons. The molecule has 1 aliphatic rings. The van der Waals surface area contributed by atoms with Crippen LogP contribution in [0, 0.1) is 5.92 Å². The fraction of sp³-hybridized carbons (Fsp3) is 0.429. The van der Waals surface area contributed by atoms with Crippen LogP contribution in [0.3, 0.4) is 0 Å². The number of benzene rings is 1. The number of amides is 1. The number of fused-ring (bicyclic) bond motifs is 1. The normalized spacial score (nSPS) is 14.4. The van der Waals surface area contributed by atoms with E-state index in [0.29, 0.717) is 6.61 Å². The molecule has 0 fully saturated rings. The number of anilines is 1. The summed E-state index contributed by atoms with van der Waals surface area (Å²) < 4.78 is 5.41. The molecule has 0 spiro atoms. The number of carbonyl (C=O) groups excluding carboxylic acids is 1. The number of aliphatic carboxylic acids is 1. The molecular formula is C14H17NO4. The van der Waals surface area contributed by atoms with E-state index in [2.05, 4.69) is 0 Å². The van der Waals surface area contributed by atoms with Gasteiger partial charge in [0.15, 0.2) is 0 Å². The Morgan fingerprint density at radius 3 is 2.89 bits per heavy atom. The molecule has 1 aromatic carbocycles. The zero-order valence-corrected chi connectivity index (χ0v) is 11.0. The van der Waals surface area contributed by atoms with Crippen molar-refractivity contribution in [3.8, 4) is 5.75 Å². The van der Waals surface area contributed by atoms with Crippen LogP contribution < -0.4 is 9.64 Å². The molecule has 1 unspecified atom stereocenters. The Labute approximate surface area is 111 Å². The summed E-state index contributed by atoms with van der Waals surface area (Å²) in [5.41, 5.74) is 1.86. The lowest BCUT2D eigenvalue weighted by molar-refractivity contribution is -0.143. The van der Waals surface area contributed by atoms with Crippen molar-refractivity contribution >= 4 is 17.6 Å². The first-order valence-electron chi connectivity index (χ1n) is 6.24. The van der Waals surface area contributed by atoms with E-state index in [4.69, 9.17) is 9.84 Å². The molecule has 2 rings (SSSR count). The molecule has 1 N–H and O–H groups in total. The van der Waals surface area contributed by atoms with Gasteiger partial charge in [-0.3, -0.25) is 9.59 Å². The average molecular weight is 263 g/mol. The monoisotopic (exact) mass is 263 g/mol. The standard InChI is InChI=1S/C14H17NO4/c1-9(14(17)18)7-13(16)15(2)11-3-4-12-10(8-11)5-6-19-12/h3-4,8-9H,5-7H2,1-2H3,(H,17,18). The Kier molecular flexibility index (Phi) is 3.74. The first-order valence-corrected chi connectivity index (χ1v) is 6.24. The topological polar surface area (TPSA) is 66.8 Å². The quantitative estimate of drug-likeness (QED) is 0.897. The summed E-state index contributed by atoms with van der Waals surface area (Å²) in [6, 6.07) is 5.58. The molecule has 1 aromatic rings. The van der Waals surface area contributed by atoms with Crippen LogP contribution in [0.2, 0.25) is 0 Å². The number of carbonyl (C=O) groups is 2. The van der Waals surface area contributed by atoms with E-state index < -0.39 is 11.9 Å². The number of carboxylic acids is 1. The van der Waals surface area contributed by atoms with Gasteiger partial charge in [-0.25, -0.2) is 0 Å². The van der Waals surface area contributed by atoms with Crippen LogP contribution in [-0.4, -0.2) is 30.6 Å². The number of rotatable bonds is 4. The van der Waals surface area contributed by atoms with Crippen molar-refractivity contribution in [2.45, 2.75) is 19.8 Å². The smallest absolute Gasteiger partial charge is 0.306 e. The van der Waals surface area contributed by atoms with Gasteiger partial charge in [-0.15, -0.1) is 0 Å². The number of carboxylic acid groups (broad SMARTS) is 1. The maximum atomic E-state index is 12.0. The third-order valence-corrected chi connectivity index (χ3v) is 3.34. The average Bonchev–Trinajstić information content (AvgIpc) is 2.84. The molecule has 1 heterocycles. The highest BCUT2D eigenvalue weighted by atomic mass is 16.5. The van der Waals surface area contributed by atoms with Crippen LogP contribution in [0.5, 0.6) is 5.75 Å². The molecule has 1 aliphatic heterocycles. The van der Waals surface area contributed by atoms with E-state index in [9.17, 15) is 9.59 Å². The highest BCUT2D eigenvalue weighted by molar-refractivity contribution is 5.95. The molecular weight excluding hydrogens is 246 g/mol. The molecule has 5 heteroatoms. The van der Waals surface area contributed by atoms with Crippen LogP contribution >= 0.6 is 0 Å². The van der Waals surface area contributed by atoms with Gasteiger partial charge in [-0.2, -0.15) is 0 Å². The van der Waals surface area contributed by atoms with Gasteiger partial charge >= 0.3 is 5.97 Å². The molecule has 0 bridgehead atoms. The van der Waals surface area contributed by atoms with Crippen LogP contribution in [0.1, 0.15) is 18.9 Å². The maximum absolute atomic E-state index is 12.0. The zero-order chi connectivity index (χ0) is 14.0. The number of hydrogen-bond acceptors (Lipinski definition) is 3. The van der Waals surface area contributed by atoms with E-state index in [-0.39, 0.29) is 12.3 Å².